The van der Waals surface area contributed by atoms with Crippen LogP contribution in [0.5, 0.6) is 0 Å². The fourth-order valence-electron chi connectivity index (χ4n) is 1.10. The number of hydrogen-bond donors (Lipinski definition) is 0. The van der Waals surface area contributed by atoms with E-state index in [9.17, 15) is 0 Å². The summed E-state index contributed by atoms with van der Waals surface area (Å²) in [5, 5.41) is 0. The van der Waals surface area contributed by atoms with Crippen LogP contribution in [0, 0.1) is 5.41 Å². The number of hydrogen-bond acceptors (Lipinski definition) is 0. The van der Waals surface area contributed by atoms with Crippen LogP contribution in [0.2, 0.25) is 0 Å². The van der Waals surface area contributed by atoms with E-state index in [4.69, 9.17) is 0 Å². The van der Waals surface area contributed by atoms with Gasteiger partial charge in [0.2, 0.25) is 0 Å². The zero-order valence-corrected chi connectivity index (χ0v) is 9.57. The van der Waals surface area contributed by atoms with Crippen molar-refractivity contribution in [3.05, 3.63) is 0 Å². The van der Waals surface area contributed by atoms with Crippen molar-refractivity contribution >= 4 is 22.6 Å². The lowest BCUT2D eigenvalue weighted by molar-refractivity contribution is 0.272. The lowest BCUT2D eigenvalue weighted by Crippen LogP contribution is -2.13. The third kappa shape index (κ3) is 3.79. The molecular weight excluding hydrogens is 235 g/mol. The zero-order chi connectivity index (χ0) is 8.04. The quantitative estimate of drug-likeness (QED) is 0.513. The summed E-state index contributed by atoms with van der Waals surface area (Å²) in [6.45, 7) is 7.01. The molecule has 0 aromatic carbocycles. The normalized spacial score (nSPS) is 12.0. The third-order valence-corrected chi connectivity index (χ3v) is 3.38. The maximum absolute atomic E-state index is 2.46. The topological polar surface area (TPSA) is 0 Å². The lowest BCUT2D eigenvalue weighted by atomic mass is 9.81. The van der Waals surface area contributed by atoms with E-state index in [2.05, 4.69) is 43.4 Å². The Morgan fingerprint density at radius 2 is 1.70 bits per heavy atom. The molecule has 1 heteroatoms. The maximum atomic E-state index is 2.46. The summed E-state index contributed by atoms with van der Waals surface area (Å²) in [6, 6.07) is 0. The van der Waals surface area contributed by atoms with E-state index in [0.29, 0.717) is 5.41 Å². The van der Waals surface area contributed by atoms with E-state index >= 15 is 0 Å². The summed E-state index contributed by atoms with van der Waals surface area (Å²) in [4.78, 5) is 0. The molecule has 0 N–H and O–H groups in total. The molecule has 10 heavy (non-hydrogen) atoms. The first-order chi connectivity index (χ1) is 4.68. The molecule has 0 bridgehead atoms. The first kappa shape index (κ1) is 10.7. The SMILES string of the molecule is CCC(C)(CC)CCCI. The van der Waals surface area contributed by atoms with Crippen molar-refractivity contribution in [1.29, 1.82) is 0 Å². The Morgan fingerprint density at radius 1 is 1.20 bits per heavy atom. The second kappa shape index (κ2) is 5.39. The molecule has 0 aliphatic rings. The molecule has 0 saturated carbocycles. The third-order valence-electron chi connectivity index (χ3n) is 2.62. The van der Waals surface area contributed by atoms with Crippen LogP contribution >= 0.6 is 22.6 Å². The van der Waals surface area contributed by atoms with Gasteiger partial charge in [-0.2, -0.15) is 0 Å². The minimum absolute atomic E-state index is 0.630. The number of alkyl halides is 1. The van der Waals surface area contributed by atoms with Crippen molar-refractivity contribution in [3.63, 3.8) is 0 Å². The van der Waals surface area contributed by atoms with Gasteiger partial charge in [-0.1, -0.05) is 56.2 Å². The van der Waals surface area contributed by atoms with Crippen LogP contribution in [0.25, 0.3) is 0 Å². The molecule has 62 valence electrons. The van der Waals surface area contributed by atoms with Gasteiger partial charge in [0, 0.05) is 0 Å². The highest BCUT2D eigenvalue weighted by atomic mass is 127. The van der Waals surface area contributed by atoms with Crippen LogP contribution in [0.15, 0.2) is 0 Å². The molecule has 0 rings (SSSR count). The van der Waals surface area contributed by atoms with E-state index < -0.39 is 0 Å². The van der Waals surface area contributed by atoms with Gasteiger partial charge in [-0.3, -0.25) is 0 Å². The lowest BCUT2D eigenvalue weighted by Gasteiger charge is -2.25. The molecule has 0 aromatic rings. The molecule has 0 atom stereocenters. The van der Waals surface area contributed by atoms with Crippen molar-refractivity contribution in [2.75, 3.05) is 4.43 Å². The zero-order valence-electron chi connectivity index (χ0n) is 7.41. The molecule has 0 radical (unpaired) electrons. The summed E-state index contributed by atoms with van der Waals surface area (Å²) in [7, 11) is 0. The van der Waals surface area contributed by atoms with Gasteiger partial charge < -0.3 is 0 Å². The minimum atomic E-state index is 0.630. The molecule has 0 unspecified atom stereocenters. The number of rotatable bonds is 5. The highest BCUT2D eigenvalue weighted by molar-refractivity contribution is 14.1. The van der Waals surface area contributed by atoms with Crippen molar-refractivity contribution in [1.82, 2.24) is 0 Å². The average molecular weight is 254 g/mol. The molecule has 0 spiro atoms. The van der Waals surface area contributed by atoms with Crippen LogP contribution in [-0.4, -0.2) is 4.43 Å². The molecule has 0 aromatic heterocycles. The van der Waals surface area contributed by atoms with E-state index in [1.54, 1.807) is 0 Å². The first-order valence-corrected chi connectivity index (χ1v) is 5.77. The average Bonchev–Trinajstić information content (AvgIpc) is 2.00. The smallest absolute Gasteiger partial charge is 0.000453 e. The molecule has 0 aliphatic heterocycles. The predicted molar refractivity (Wildman–Crippen MR) is 56.8 cm³/mol. The summed E-state index contributed by atoms with van der Waals surface area (Å²) in [5.74, 6) is 0. The van der Waals surface area contributed by atoms with E-state index in [0.717, 1.165) is 0 Å². The van der Waals surface area contributed by atoms with Crippen LogP contribution in [0.1, 0.15) is 46.5 Å². The van der Waals surface area contributed by atoms with Gasteiger partial charge in [0.25, 0.3) is 0 Å². The van der Waals surface area contributed by atoms with Crippen molar-refractivity contribution in [2.45, 2.75) is 46.5 Å². The molecule has 0 aliphatic carbocycles. The maximum Gasteiger partial charge on any atom is -0.000453 e. The Kier molecular flexibility index (Phi) is 5.78. The minimum Gasteiger partial charge on any atom is -0.0864 e. The fraction of sp³-hybridized carbons (Fsp3) is 1.00. The predicted octanol–water partition coefficient (Wildman–Crippen LogP) is 4.03. The first-order valence-electron chi connectivity index (χ1n) is 4.24. The van der Waals surface area contributed by atoms with Gasteiger partial charge in [0.15, 0.2) is 0 Å². The second-order valence-corrected chi connectivity index (χ2v) is 4.39. The van der Waals surface area contributed by atoms with E-state index in [-0.39, 0.29) is 0 Å². The fourth-order valence-corrected chi connectivity index (χ4v) is 1.48. The Bertz CT molecular complexity index is 74.8. The van der Waals surface area contributed by atoms with Gasteiger partial charge in [-0.05, 0) is 22.7 Å². The highest BCUT2D eigenvalue weighted by Gasteiger charge is 2.17. The van der Waals surface area contributed by atoms with Crippen LogP contribution in [-0.2, 0) is 0 Å². The second-order valence-electron chi connectivity index (χ2n) is 3.31. The Hall–Kier alpha value is 0.730. The molecule has 0 nitrogen and oxygen atoms in total. The van der Waals surface area contributed by atoms with Gasteiger partial charge >= 0.3 is 0 Å². The molecular formula is C9H19I. The van der Waals surface area contributed by atoms with E-state index in [1.807, 2.05) is 0 Å². The van der Waals surface area contributed by atoms with Crippen molar-refractivity contribution in [3.8, 4) is 0 Å². The molecule has 0 fully saturated rings. The summed E-state index contributed by atoms with van der Waals surface area (Å²) in [5.41, 5.74) is 0.630. The molecule has 0 amide bonds. The van der Waals surface area contributed by atoms with Gasteiger partial charge in [-0.25, -0.2) is 0 Å². The summed E-state index contributed by atoms with van der Waals surface area (Å²) >= 11 is 2.46. The monoisotopic (exact) mass is 254 g/mol. The Morgan fingerprint density at radius 3 is 2.00 bits per heavy atom. The van der Waals surface area contributed by atoms with Crippen molar-refractivity contribution in [2.24, 2.45) is 5.41 Å². The van der Waals surface area contributed by atoms with Crippen molar-refractivity contribution < 1.29 is 0 Å². The van der Waals surface area contributed by atoms with Crippen LogP contribution in [0.3, 0.4) is 0 Å². The summed E-state index contributed by atoms with van der Waals surface area (Å²) in [6.07, 6.45) is 5.46. The van der Waals surface area contributed by atoms with E-state index in [1.165, 1.54) is 30.1 Å². The standard InChI is InChI=1S/C9H19I/c1-4-9(3,5-2)7-6-8-10/h4-8H2,1-3H3. The van der Waals surface area contributed by atoms with Gasteiger partial charge in [-0.15, -0.1) is 0 Å². The van der Waals surface area contributed by atoms with Gasteiger partial charge in [0.1, 0.15) is 0 Å². The van der Waals surface area contributed by atoms with Crippen LogP contribution < -0.4 is 0 Å². The Balaban J connectivity index is 3.58. The van der Waals surface area contributed by atoms with Crippen LogP contribution in [0.4, 0.5) is 0 Å². The Labute approximate surface area is 78.9 Å². The molecule has 0 heterocycles. The number of halogens is 1. The molecule has 0 saturated heterocycles. The largest absolute Gasteiger partial charge is 0.0864 e. The van der Waals surface area contributed by atoms with Gasteiger partial charge in [0.05, 0.1) is 0 Å². The highest BCUT2D eigenvalue weighted by Crippen LogP contribution is 2.30. The summed E-state index contributed by atoms with van der Waals surface area (Å²) < 4.78 is 1.31.